The van der Waals surface area contributed by atoms with Crippen molar-refractivity contribution in [2.24, 2.45) is 11.8 Å². The number of rotatable bonds is 8. The molecule has 7 nitrogen and oxygen atoms in total. The number of ether oxygens (including phenoxy) is 1. The zero-order valence-electron chi connectivity index (χ0n) is 23.2. The number of carboxylic acid groups (broad SMARTS) is 1. The number of thiazole rings is 1. The van der Waals surface area contributed by atoms with E-state index < -0.39 is 5.97 Å². The largest absolute Gasteiger partial charge is 0.496 e. The van der Waals surface area contributed by atoms with E-state index in [1.54, 1.807) is 13.3 Å². The van der Waals surface area contributed by atoms with Crippen molar-refractivity contribution < 1.29 is 24.5 Å². The van der Waals surface area contributed by atoms with Gasteiger partial charge in [-0.25, -0.2) is 9.78 Å². The number of methoxy groups -OCH3 is 1. The van der Waals surface area contributed by atoms with E-state index in [-0.39, 0.29) is 22.9 Å². The van der Waals surface area contributed by atoms with E-state index in [9.17, 15) is 19.8 Å². The summed E-state index contributed by atoms with van der Waals surface area (Å²) in [6.45, 7) is 2.75. The highest BCUT2D eigenvalue weighted by atomic mass is 32.1. The van der Waals surface area contributed by atoms with Gasteiger partial charge in [0, 0.05) is 24.3 Å². The van der Waals surface area contributed by atoms with E-state index in [4.69, 9.17) is 4.74 Å². The second-order valence-electron chi connectivity index (χ2n) is 11.3. The predicted molar refractivity (Wildman–Crippen MR) is 157 cm³/mol. The van der Waals surface area contributed by atoms with E-state index in [0.29, 0.717) is 44.1 Å². The van der Waals surface area contributed by atoms with Gasteiger partial charge in [0.05, 0.1) is 18.1 Å². The van der Waals surface area contributed by atoms with Crippen LogP contribution in [0.1, 0.15) is 78.2 Å². The van der Waals surface area contributed by atoms with Gasteiger partial charge in [0.1, 0.15) is 5.75 Å². The average Bonchev–Trinajstić information content (AvgIpc) is 3.47. The standard InChI is InChI=1S/C32H38N2O5S/c1-20-16-24(12-15-28(20)39-2)22-8-6-21(7-9-22)19-34(31(36)23-10-13-27(35)14-11-23)26-5-3-4-25(17-26)29-18-33-30(40-29)32(37)38/h3-5,12,15-18,21-23,27,35H,6-11,13-14,19H2,1-2H3,(H,37,38). The summed E-state index contributed by atoms with van der Waals surface area (Å²) in [6.07, 6.45) is 8.30. The summed E-state index contributed by atoms with van der Waals surface area (Å²) in [6, 6.07) is 14.3. The fraction of sp³-hybridized carbons (Fsp3) is 0.469. The SMILES string of the molecule is COc1ccc(C2CCC(CN(C(=O)C3CCC(O)CC3)c3cccc(-c4cnc(C(=O)O)s4)c3)CC2)cc1C. The van der Waals surface area contributed by atoms with Gasteiger partial charge in [0.2, 0.25) is 10.9 Å². The molecule has 2 aliphatic rings. The molecule has 0 unspecified atom stereocenters. The molecule has 5 rings (SSSR count). The van der Waals surface area contributed by atoms with Crippen molar-refractivity contribution in [1.82, 2.24) is 4.98 Å². The third-order valence-corrected chi connectivity index (χ3v) is 9.66. The average molecular weight is 563 g/mol. The lowest BCUT2D eigenvalue weighted by atomic mass is 9.78. The highest BCUT2D eigenvalue weighted by Crippen LogP contribution is 2.39. The number of anilines is 1. The number of benzene rings is 2. The lowest BCUT2D eigenvalue weighted by Gasteiger charge is -2.36. The molecule has 2 fully saturated rings. The first kappa shape index (κ1) is 28.3. The monoisotopic (exact) mass is 562 g/mol. The molecule has 0 atom stereocenters. The molecule has 0 aliphatic heterocycles. The Morgan fingerprint density at radius 2 is 1.77 bits per heavy atom. The maximum absolute atomic E-state index is 13.9. The van der Waals surface area contributed by atoms with Crippen LogP contribution in [-0.2, 0) is 4.79 Å². The van der Waals surface area contributed by atoms with Crippen molar-refractivity contribution >= 4 is 28.9 Å². The number of carbonyl (C=O) groups is 2. The Labute approximate surface area is 239 Å². The van der Waals surface area contributed by atoms with Gasteiger partial charge in [-0.15, -0.1) is 11.3 Å². The topological polar surface area (TPSA) is 100.0 Å². The van der Waals surface area contributed by atoms with Crippen molar-refractivity contribution in [3.05, 3.63) is 64.8 Å². The Hall–Kier alpha value is -3.23. The first-order valence-electron chi connectivity index (χ1n) is 14.3. The quantitative estimate of drug-likeness (QED) is 0.318. The second-order valence-corrected chi connectivity index (χ2v) is 12.3. The number of aliphatic hydroxyl groups is 1. The summed E-state index contributed by atoms with van der Waals surface area (Å²) in [4.78, 5) is 32.1. The fourth-order valence-corrected chi connectivity index (χ4v) is 7.04. The number of aliphatic hydroxyl groups excluding tert-OH is 1. The molecule has 0 radical (unpaired) electrons. The normalized spacial score (nSPS) is 23.0. The number of hydrogen-bond donors (Lipinski definition) is 2. The van der Waals surface area contributed by atoms with Crippen molar-refractivity contribution in [2.75, 3.05) is 18.6 Å². The highest BCUT2D eigenvalue weighted by molar-refractivity contribution is 7.16. The first-order valence-corrected chi connectivity index (χ1v) is 15.1. The van der Waals surface area contributed by atoms with Crippen LogP contribution >= 0.6 is 11.3 Å². The van der Waals surface area contributed by atoms with Crippen LogP contribution in [0.15, 0.2) is 48.7 Å². The predicted octanol–water partition coefficient (Wildman–Crippen LogP) is 6.68. The molecule has 0 saturated heterocycles. The number of aromatic carboxylic acids is 1. The molecular weight excluding hydrogens is 524 g/mol. The zero-order valence-corrected chi connectivity index (χ0v) is 24.0. The zero-order chi connectivity index (χ0) is 28.2. The lowest BCUT2D eigenvalue weighted by molar-refractivity contribution is -0.124. The van der Waals surface area contributed by atoms with Crippen molar-refractivity contribution in [1.29, 1.82) is 0 Å². The van der Waals surface area contributed by atoms with Crippen LogP contribution in [0.2, 0.25) is 0 Å². The summed E-state index contributed by atoms with van der Waals surface area (Å²) in [5.41, 5.74) is 4.22. The summed E-state index contributed by atoms with van der Waals surface area (Å²) in [5, 5.41) is 19.4. The van der Waals surface area contributed by atoms with Gasteiger partial charge >= 0.3 is 5.97 Å². The van der Waals surface area contributed by atoms with Crippen LogP contribution < -0.4 is 9.64 Å². The number of carboxylic acids is 1. The maximum atomic E-state index is 13.9. The molecule has 1 heterocycles. The van der Waals surface area contributed by atoms with Gasteiger partial charge in [0.15, 0.2) is 0 Å². The summed E-state index contributed by atoms with van der Waals surface area (Å²) in [7, 11) is 1.70. The summed E-state index contributed by atoms with van der Waals surface area (Å²) >= 11 is 1.14. The van der Waals surface area contributed by atoms with E-state index in [0.717, 1.165) is 64.5 Å². The number of carbonyl (C=O) groups excluding carboxylic acids is 1. The Morgan fingerprint density at radius 3 is 2.42 bits per heavy atom. The van der Waals surface area contributed by atoms with Crippen LogP contribution in [0, 0.1) is 18.8 Å². The Kier molecular flexibility index (Phi) is 8.86. The number of amides is 1. The molecule has 2 aromatic carbocycles. The number of hydrogen-bond acceptors (Lipinski definition) is 6. The Balaban J connectivity index is 1.34. The van der Waals surface area contributed by atoms with E-state index >= 15 is 0 Å². The molecule has 3 aromatic rings. The van der Waals surface area contributed by atoms with Gasteiger partial charge in [-0.2, -0.15) is 0 Å². The molecule has 1 amide bonds. The third kappa shape index (κ3) is 6.39. The molecule has 1 aromatic heterocycles. The van der Waals surface area contributed by atoms with Crippen LogP contribution in [0.5, 0.6) is 5.75 Å². The second kappa shape index (κ2) is 12.5. The van der Waals surface area contributed by atoms with Crippen LogP contribution in [0.4, 0.5) is 5.69 Å². The fourth-order valence-electron chi connectivity index (χ4n) is 6.29. The Morgan fingerprint density at radius 1 is 1.02 bits per heavy atom. The molecular formula is C32H38N2O5S. The molecule has 2 aliphatic carbocycles. The van der Waals surface area contributed by atoms with Crippen molar-refractivity contribution in [3.63, 3.8) is 0 Å². The number of aromatic nitrogens is 1. The number of aryl methyl sites for hydroxylation is 1. The molecule has 2 N–H and O–H groups in total. The van der Waals surface area contributed by atoms with Crippen LogP contribution in [-0.4, -0.2) is 46.8 Å². The lowest BCUT2D eigenvalue weighted by Crippen LogP contribution is -2.41. The van der Waals surface area contributed by atoms with Gasteiger partial charge in [-0.05, 0) is 105 Å². The van der Waals surface area contributed by atoms with Crippen LogP contribution in [0.3, 0.4) is 0 Å². The smallest absolute Gasteiger partial charge is 0.365 e. The molecule has 2 saturated carbocycles. The molecule has 8 heteroatoms. The minimum atomic E-state index is -1.04. The summed E-state index contributed by atoms with van der Waals surface area (Å²) < 4.78 is 5.44. The highest BCUT2D eigenvalue weighted by Gasteiger charge is 2.32. The first-order chi connectivity index (χ1) is 19.3. The van der Waals surface area contributed by atoms with Gasteiger partial charge < -0.3 is 19.8 Å². The summed E-state index contributed by atoms with van der Waals surface area (Å²) in [5.74, 6) is 0.841. The van der Waals surface area contributed by atoms with Gasteiger partial charge in [-0.1, -0.05) is 24.3 Å². The van der Waals surface area contributed by atoms with Gasteiger partial charge in [0.25, 0.3) is 0 Å². The van der Waals surface area contributed by atoms with Crippen molar-refractivity contribution in [2.45, 2.75) is 70.3 Å². The van der Waals surface area contributed by atoms with Crippen LogP contribution in [0.25, 0.3) is 10.4 Å². The molecule has 40 heavy (non-hydrogen) atoms. The van der Waals surface area contributed by atoms with Gasteiger partial charge in [-0.3, -0.25) is 4.79 Å². The van der Waals surface area contributed by atoms with E-state index in [2.05, 4.69) is 30.1 Å². The number of nitrogens with zero attached hydrogens (tertiary/aromatic N) is 2. The maximum Gasteiger partial charge on any atom is 0.365 e. The minimum absolute atomic E-state index is 0.0536. The minimum Gasteiger partial charge on any atom is -0.496 e. The van der Waals surface area contributed by atoms with E-state index in [1.165, 1.54) is 5.56 Å². The van der Waals surface area contributed by atoms with E-state index in [1.807, 2.05) is 29.2 Å². The Bertz CT molecular complexity index is 1340. The molecule has 0 spiro atoms. The van der Waals surface area contributed by atoms with Crippen molar-refractivity contribution in [3.8, 4) is 16.2 Å². The molecule has 212 valence electrons. The molecule has 0 bridgehead atoms. The third-order valence-electron chi connectivity index (χ3n) is 8.62.